The average Bonchev–Trinajstić information content (AvgIpc) is 2.72. The molecule has 2 unspecified atom stereocenters. The highest BCUT2D eigenvalue weighted by Gasteiger charge is 2.42. The van der Waals surface area contributed by atoms with Gasteiger partial charge in [-0.2, -0.15) is 0 Å². The summed E-state index contributed by atoms with van der Waals surface area (Å²) in [6.07, 6.45) is 2.08. The Labute approximate surface area is 173 Å². The smallest absolute Gasteiger partial charge is 0.410 e. The maximum Gasteiger partial charge on any atom is 0.410 e. The molecule has 0 saturated carbocycles. The first-order valence-electron chi connectivity index (χ1n) is 10.2. The summed E-state index contributed by atoms with van der Waals surface area (Å²) in [7, 11) is 1.64. The zero-order valence-electron chi connectivity index (χ0n) is 17.5. The highest BCUT2D eigenvalue weighted by Crippen LogP contribution is 2.35. The van der Waals surface area contributed by atoms with Gasteiger partial charge in [-0.1, -0.05) is 42.5 Å². The average molecular weight is 398 g/mol. The molecule has 1 amide bonds. The monoisotopic (exact) mass is 397 g/mol. The lowest BCUT2D eigenvalue weighted by Crippen LogP contribution is -2.55. The number of methoxy groups -OCH3 is 1. The van der Waals surface area contributed by atoms with Crippen molar-refractivity contribution < 1.29 is 19.4 Å². The van der Waals surface area contributed by atoms with Crippen LogP contribution in [0, 0.1) is 5.92 Å². The fourth-order valence-electron chi connectivity index (χ4n) is 4.17. The van der Waals surface area contributed by atoms with Crippen molar-refractivity contribution in [3.05, 3.63) is 65.7 Å². The van der Waals surface area contributed by atoms with Crippen LogP contribution in [-0.4, -0.2) is 41.4 Å². The molecule has 29 heavy (non-hydrogen) atoms. The van der Waals surface area contributed by atoms with Gasteiger partial charge in [0.05, 0.1) is 12.7 Å². The Balaban J connectivity index is 1.77. The summed E-state index contributed by atoms with van der Waals surface area (Å²) in [6, 6.07) is 17.4. The molecule has 1 N–H and O–H groups in total. The van der Waals surface area contributed by atoms with E-state index in [4.69, 9.17) is 9.47 Å². The lowest BCUT2D eigenvalue weighted by molar-refractivity contribution is -0.0489. The molecule has 0 bridgehead atoms. The number of benzene rings is 2. The third-order valence-corrected chi connectivity index (χ3v) is 5.73. The molecule has 5 heteroatoms. The van der Waals surface area contributed by atoms with Gasteiger partial charge in [-0.05, 0) is 56.4 Å². The highest BCUT2D eigenvalue weighted by molar-refractivity contribution is 5.68. The minimum Gasteiger partial charge on any atom is -0.497 e. The van der Waals surface area contributed by atoms with Gasteiger partial charge >= 0.3 is 6.09 Å². The van der Waals surface area contributed by atoms with E-state index in [0.717, 1.165) is 29.7 Å². The summed E-state index contributed by atoms with van der Waals surface area (Å²) in [5, 5.41) is 10.8. The van der Waals surface area contributed by atoms with E-state index in [1.807, 2.05) is 68.4 Å². The predicted octanol–water partition coefficient (Wildman–Crippen LogP) is 4.43. The Morgan fingerprint density at radius 1 is 1.10 bits per heavy atom. The predicted molar refractivity (Wildman–Crippen MR) is 113 cm³/mol. The van der Waals surface area contributed by atoms with Crippen LogP contribution < -0.4 is 4.74 Å². The normalized spacial score (nSPS) is 19.7. The van der Waals surface area contributed by atoms with Crippen LogP contribution in [0.25, 0.3) is 0 Å². The molecule has 156 valence electrons. The zero-order valence-corrected chi connectivity index (χ0v) is 17.5. The van der Waals surface area contributed by atoms with Gasteiger partial charge in [0.25, 0.3) is 0 Å². The van der Waals surface area contributed by atoms with Crippen molar-refractivity contribution in [1.82, 2.24) is 4.90 Å². The Hall–Kier alpha value is -2.53. The summed E-state index contributed by atoms with van der Waals surface area (Å²) in [5.74, 6) is 0.776. The molecule has 1 saturated heterocycles. The Morgan fingerprint density at radius 3 is 2.41 bits per heavy atom. The molecule has 1 fully saturated rings. The zero-order chi connectivity index (χ0) is 20.9. The van der Waals surface area contributed by atoms with Gasteiger partial charge in [0.2, 0.25) is 0 Å². The van der Waals surface area contributed by atoms with Crippen molar-refractivity contribution in [3.8, 4) is 5.75 Å². The molecule has 0 aromatic heterocycles. The molecule has 5 nitrogen and oxygen atoms in total. The lowest BCUT2D eigenvalue weighted by atomic mass is 9.76. The number of carbonyl (C=O) groups is 1. The molecule has 3 rings (SSSR count). The topological polar surface area (TPSA) is 59.0 Å². The van der Waals surface area contributed by atoms with E-state index in [1.165, 1.54) is 0 Å². The number of hydrogen-bond acceptors (Lipinski definition) is 4. The maximum absolute atomic E-state index is 12.9. The molecule has 2 atom stereocenters. The van der Waals surface area contributed by atoms with E-state index in [1.54, 1.807) is 12.0 Å². The number of nitrogens with zero attached hydrogens (tertiary/aromatic N) is 1. The first kappa shape index (κ1) is 21.2. The minimum absolute atomic E-state index is 0.0253. The second-order valence-electron chi connectivity index (χ2n) is 8.26. The third-order valence-electron chi connectivity index (χ3n) is 5.73. The van der Waals surface area contributed by atoms with Crippen molar-refractivity contribution in [2.45, 2.75) is 51.4 Å². The summed E-state index contributed by atoms with van der Waals surface area (Å²) in [5.41, 5.74) is 1.19. The third kappa shape index (κ3) is 5.51. The quantitative estimate of drug-likeness (QED) is 0.784. The van der Waals surface area contributed by atoms with Gasteiger partial charge in [-0.3, -0.25) is 0 Å². The van der Waals surface area contributed by atoms with E-state index < -0.39 is 5.60 Å². The first-order chi connectivity index (χ1) is 13.9. The van der Waals surface area contributed by atoms with Crippen LogP contribution in [0.2, 0.25) is 0 Å². The van der Waals surface area contributed by atoms with E-state index >= 15 is 0 Å². The highest BCUT2D eigenvalue weighted by atomic mass is 16.6. The van der Waals surface area contributed by atoms with Crippen molar-refractivity contribution >= 4 is 6.09 Å². The Kier molecular flexibility index (Phi) is 6.80. The molecule has 2 aromatic rings. The van der Waals surface area contributed by atoms with E-state index in [2.05, 4.69) is 0 Å². The summed E-state index contributed by atoms with van der Waals surface area (Å²) in [4.78, 5) is 14.8. The van der Waals surface area contributed by atoms with Crippen LogP contribution in [0.15, 0.2) is 54.6 Å². The van der Waals surface area contributed by atoms with Gasteiger partial charge in [0.15, 0.2) is 0 Å². The molecule has 0 aliphatic carbocycles. The van der Waals surface area contributed by atoms with Crippen LogP contribution in [-0.2, 0) is 17.8 Å². The molecule has 2 aromatic carbocycles. The number of likely N-dealkylation sites (tertiary alicyclic amines) is 1. The van der Waals surface area contributed by atoms with Gasteiger partial charge in [0, 0.05) is 18.5 Å². The van der Waals surface area contributed by atoms with Gasteiger partial charge in [-0.25, -0.2) is 4.79 Å². The van der Waals surface area contributed by atoms with Crippen LogP contribution in [0.5, 0.6) is 5.75 Å². The van der Waals surface area contributed by atoms with Crippen molar-refractivity contribution in [1.29, 1.82) is 0 Å². The number of amides is 1. The fourth-order valence-corrected chi connectivity index (χ4v) is 4.17. The first-order valence-corrected chi connectivity index (χ1v) is 10.2. The number of piperidine rings is 1. The molecule has 0 radical (unpaired) electrons. The number of ether oxygens (including phenoxy) is 2. The van der Waals surface area contributed by atoms with E-state index in [-0.39, 0.29) is 24.7 Å². The lowest BCUT2D eigenvalue weighted by Gasteiger charge is -2.45. The van der Waals surface area contributed by atoms with Crippen LogP contribution in [0.3, 0.4) is 0 Å². The number of aliphatic hydroxyl groups is 1. The second-order valence-corrected chi connectivity index (χ2v) is 8.26. The number of hydrogen-bond donors (Lipinski definition) is 1. The van der Waals surface area contributed by atoms with Crippen molar-refractivity contribution in [2.75, 3.05) is 13.7 Å². The summed E-state index contributed by atoms with van der Waals surface area (Å²) in [6.45, 7) is 4.55. The van der Waals surface area contributed by atoms with Crippen molar-refractivity contribution in [2.24, 2.45) is 5.92 Å². The minimum atomic E-state index is -0.879. The summed E-state index contributed by atoms with van der Waals surface area (Å²) < 4.78 is 10.9. The second kappa shape index (κ2) is 9.31. The molecule has 1 heterocycles. The fraction of sp³-hybridized carbons (Fsp3) is 0.458. The largest absolute Gasteiger partial charge is 0.497 e. The van der Waals surface area contributed by atoms with Crippen LogP contribution in [0.1, 0.15) is 37.8 Å². The molecule has 1 aliphatic heterocycles. The Bertz CT molecular complexity index is 783. The van der Waals surface area contributed by atoms with Crippen LogP contribution >= 0.6 is 0 Å². The maximum atomic E-state index is 12.9. The van der Waals surface area contributed by atoms with E-state index in [0.29, 0.717) is 13.0 Å². The number of carbonyl (C=O) groups excluding carboxylic acids is 1. The molecule has 0 spiro atoms. The van der Waals surface area contributed by atoms with E-state index in [9.17, 15) is 9.90 Å². The Morgan fingerprint density at radius 2 is 1.79 bits per heavy atom. The standard InChI is InChI=1S/C24H31NO4/c1-24(2,27)21-10-7-15-25(23(26)29-17-19-8-5-4-6-9-19)22(21)16-18-11-13-20(28-3)14-12-18/h4-6,8-9,11-14,21-22,27H,7,10,15-17H2,1-3H3. The van der Waals surface area contributed by atoms with Gasteiger partial charge in [-0.15, -0.1) is 0 Å². The van der Waals surface area contributed by atoms with Gasteiger partial charge in [0.1, 0.15) is 12.4 Å². The molecular weight excluding hydrogens is 366 g/mol. The SMILES string of the molecule is COc1ccc(CC2C(C(C)(C)O)CCCN2C(=O)OCc2ccccc2)cc1. The molecule has 1 aliphatic rings. The van der Waals surface area contributed by atoms with Crippen molar-refractivity contribution in [3.63, 3.8) is 0 Å². The number of rotatable bonds is 6. The van der Waals surface area contributed by atoms with Gasteiger partial charge < -0.3 is 19.5 Å². The van der Waals surface area contributed by atoms with Crippen LogP contribution in [0.4, 0.5) is 4.79 Å². The molecular formula is C24H31NO4. The summed E-state index contributed by atoms with van der Waals surface area (Å²) >= 11 is 0.